The van der Waals surface area contributed by atoms with Crippen molar-refractivity contribution in [1.29, 1.82) is 0 Å². The van der Waals surface area contributed by atoms with Crippen molar-refractivity contribution in [3.05, 3.63) is 156 Å². The second-order valence-electron chi connectivity index (χ2n) is 26.8. The molecule has 31 heteroatoms. The first-order chi connectivity index (χ1) is 49.9. The zero-order valence-corrected chi connectivity index (χ0v) is 60.7. The number of imidazole rings is 1. The fraction of sp³-hybridized carbons (Fsp3) is 0.459. The zero-order valence-electron chi connectivity index (χ0n) is 59.9. The molecule has 4 aromatic carbocycles. The summed E-state index contributed by atoms with van der Waals surface area (Å²) in [5.74, 6) is -14.1. The average molecular weight is 1470 g/mol. The molecular formula is C74H99N13O17S. The number of carboxylic acid groups (broad SMARTS) is 3. The number of aromatic hydroxyl groups is 1. The SMILES string of the molecule is CSCC[C@H](NC(=O)[C@H](CCC(=O)O)NC(=O)[C@@H](NC(=O)[C@H](CC(C)C)NC(=O)[C@H](Cc1ccccc1)NC(=O)[C@H](Cc1ccccc1)NC(=O)[C@@H](N)Cc1ccc(O)cc1)C(C)C)C(=O)N[C@@H](CCC(=O)O)C(=O)N[C@@H](Cc1ccccc1)C(=O)N[C@@H](CC(C)C)C(=O)N[C@@H](Cc1c[nH]cn1)C(=O)O. The van der Waals surface area contributed by atoms with Crippen LogP contribution in [-0.4, -0.2) is 186 Å². The van der Waals surface area contributed by atoms with E-state index in [9.17, 15) is 82.8 Å². The number of thioether (sulfide) groups is 1. The molecule has 1 heterocycles. The molecule has 10 amide bonds. The molecule has 0 saturated carbocycles. The molecular weight excluding hydrogens is 1370 g/mol. The van der Waals surface area contributed by atoms with Gasteiger partial charge in [0, 0.05) is 44.7 Å². The standard InChI is InChI=1S/C74H99N13O17S/c1-42(2)33-55(68(97)86-60(74(103)104)39-49-40-76-41-77-49)82-70(99)58(37-46-19-13-9-14-20-46)84-66(95)52(27-29-61(89)90)78-67(96)54(31-32-105-7)79-65(94)53(28-30-62(91)92)80-73(102)63(44(5)6)87-72(101)56(34-43(3)4)83-71(100)59(38-47-21-15-10-16-22-47)85-69(98)57(36-45-17-11-8-12-18-45)81-64(93)51(75)35-48-23-25-50(88)26-24-48/h8-26,40-44,51-60,63,88H,27-39,75H2,1-7H3,(H,76,77)(H,78,96)(H,79,94)(H,80,102)(H,81,93)(H,82,99)(H,83,100)(H,84,95)(H,85,98)(H,86,97)(H,87,101)(H,89,90)(H,91,92)(H,103,104)/t51-,52-,53-,54-,55-,56-,57-,58-,59-,60-,63-/m0/s1. The lowest BCUT2D eigenvalue weighted by Crippen LogP contribution is -2.61. The number of phenolic OH excluding ortho intramolecular Hbond substituents is 1. The highest BCUT2D eigenvalue weighted by Crippen LogP contribution is 2.17. The van der Waals surface area contributed by atoms with Crippen LogP contribution < -0.4 is 58.9 Å². The van der Waals surface area contributed by atoms with E-state index in [0.717, 1.165) is 0 Å². The van der Waals surface area contributed by atoms with Crippen LogP contribution in [0, 0.1) is 17.8 Å². The van der Waals surface area contributed by atoms with Gasteiger partial charge in [0.15, 0.2) is 0 Å². The van der Waals surface area contributed by atoms with E-state index in [-0.39, 0.29) is 74.7 Å². The van der Waals surface area contributed by atoms with Gasteiger partial charge in [0.1, 0.15) is 66.2 Å². The number of rotatable bonds is 45. The summed E-state index contributed by atoms with van der Waals surface area (Å²) < 4.78 is 0. The van der Waals surface area contributed by atoms with E-state index >= 15 is 0 Å². The van der Waals surface area contributed by atoms with Crippen LogP contribution in [0.4, 0.5) is 0 Å². The van der Waals surface area contributed by atoms with E-state index in [1.54, 1.807) is 151 Å². The number of carboxylic acids is 3. The number of nitrogens with one attached hydrogen (secondary N) is 11. The summed E-state index contributed by atoms with van der Waals surface area (Å²) in [6.07, 6.45) is 1.44. The Labute approximate surface area is 613 Å². The van der Waals surface area contributed by atoms with Crippen LogP contribution in [0.15, 0.2) is 128 Å². The molecule has 1 aromatic heterocycles. The first-order valence-corrected chi connectivity index (χ1v) is 36.1. The Morgan fingerprint density at radius 2 is 0.752 bits per heavy atom. The van der Waals surface area contributed by atoms with Gasteiger partial charge in [-0.3, -0.25) is 57.5 Å². The Kier molecular flexibility index (Phi) is 35.1. The molecule has 0 bridgehead atoms. The Balaban J connectivity index is 1.36. The number of benzene rings is 4. The highest BCUT2D eigenvalue weighted by atomic mass is 32.2. The Morgan fingerprint density at radius 1 is 0.410 bits per heavy atom. The number of H-pyrrole nitrogens is 1. The van der Waals surface area contributed by atoms with Crippen LogP contribution in [0.2, 0.25) is 0 Å². The number of aromatic amines is 1. The monoisotopic (exact) mass is 1470 g/mol. The van der Waals surface area contributed by atoms with Crippen LogP contribution in [0.5, 0.6) is 5.75 Å². The number of amides is 10. The minimum absolute atomic E-state index is 0.00129. The molecule has 568 valence electrons. The number of nitrogens with two attached hydrogens (primary N) is 1. The number of hydrogen-bond donors (Lipinski definition) is 16. The van der Waals surface area contributed by atoms with Crippen LogP contribution in [0.3, 0.4) is 0 Å². The second-order valence-corrected chi connectivity index (χ2v) is 27.8. The van der Waals surface area contributed by atoms with E-state index in [0.29, 0.717) is 27.9 Å². The summed E-state index contributed by atoms with van der Waals surface area (Å²) in [5.41, 5.74) is 9.13. The van der Waals surface area contributed by atoms with Crippen molar-refractivity contribution in [2.24, 2.45) is 23.5 Å². The highest BCUT2D eigenvalue weighted by molar-refractivity contribution is 7.98. The minimum atomic E-state index is -1.71. The smallest absolute Gasteiger partial charge is 0.326 e. The minimum Gasteiger partial charge on any atom is -0.508 e. The highest BCUT2D eigenvalue weighted by Gasteiger charge is 2.38. The molecule has 0 radical (unpaired) electrons. The number of nitrogens with zero attached hydrogens (tertiary/aromatic N) is 1. The summed E-state index contributed by atoms with van der Waals surface area (Å²) in [4.78, 5) is 187. The second kappa shape index (κ2) is 43.4. The Bertz CT molecular complexity index is 3690. The van der Waals surface area contributed by atoms with Crippen molar-refractivity contribution in [3.8, 4) is 5.75 Å². The molecule has 11 atom stereocenters. The first kappa shape index (κ1) is 85.0. The lowest BCUT2D eigenvalue weighted by molar-refractivity contribution is -0.142. The van der Waals surface area contributed by atoms with E-state index < -0.39 is 175 Å². The maximum Gasteiger partial charge on any atom is 0.326 e. The van der Waals surface area contributed by atoms with Gasteiger partial charge in [0.2, 0.25) is 59.1 Å². The number of carbonyl (C=O) groups is 13. The third-order valence-corrected chi connectivity index (χ3v) is 17.4. The Hall–Kier alpha value is -10.7. The quantitative estimate of drug-likeness (QED) is 0.0265. The van der Waals surface area contributed by atoms with Gasteiger partial charge in [-0.05, 0) is 103 Å². The summed E-state index contributed by atoms with van der Waals surface area (Å²) in [7, 11) is 0. The zero-order chi connectivity index (χ0) is 77.3. The molecule has 0 fully saturated rings. The lowest BCUT2D eigenvalue weighted by atomic mass is 9.98. The van der Waals surface area contributed by atoms with Gasteiger partial charge in [-0.25, -0.2) is 9.78 Å². The number of carbonyl (C=O) groups excluding carboxylic acids is 10. The van der Waals surface area contributed by atoms with Crippen molar-refractivity contribution in [2.45, 2.75) is 185 Å². The first-order valence-electron chi connectivity index (χ1n) is 34.7. The molecule has 0 aliphatic heterocycles. The molecule has 5 rings (SSSR count). The van der Waals surface area contributed by atoms with Gasteiger partial charge in [0.25, 0.3) is 0 Å². The molecule has 5 aromatic rings. The number of phenols is 1. The van der Waals surface area contributed by atoms with E-state index in [2.05, 4.69) is 63.1 Å². The van der Waals surface area contributed by atoms with Crippen molar-refractivity contribution < 1.29 is 82.8 Å². The van der Waals surface area contributed by atoms with Gasteiger partial charge in [-0.1, -0.05) is 145 Å². The summed E-state index contributed by atoms with van der Waals surface area (Å²) in [6, 6.07) is 16.1. The number of aromatic nitrogens is 2. The van der Waals surface area contributed by atoms with Crippen LogP contribution >= 0.6 is 11.8 Å². The molecule has 0 aliphatic carbocycles. The van der Waals surface area contributed by atoms with Crippen molar-refractivity contribution >= 4 is 88.7 Å². The fourth-order valence-electron chi connectivity index (χ4n) is 11.2. The topological polar surface area (TPSA) is 478 Å². The third kappa shape index (κ3) is 30.3. The van der Waals surface area contributed by atoms with Gasteiger partial charge >= 0.3 is 17.9 Å². The summed E-state index contributed by atoms with van der Waals surface area (Å²) in [6.45, 7) is 10.2. The van der Waals surface area contributed by atoms with Crippen LogP contribution in [-0.2, 0) is 94.4 Å². The summed E-state index contributed by atoms with van der Waals surface area (Å²) in [5, 5.41) is 65.8. The van der Waals surface area contributed by atoms with E-state index in [1.165, 1.54) is 36.4 Å². The van der Waals surface area contributed by atoms with Crippen molar-refractivity contribution in [3.63, 3.8) is 0 Å². The van der Waals surface area contributed by atoms with Crippen LogP contribution in [0.25, 0.3) is 0 Å². The third-order valence-electron chi connectivity index (χ3n) is 16.8. The predicted molar refractivity (Wildman–Crippen MR) is 390 cm³/mol. The number of hydrogen-bond acceptors (Lipinski definition) is 17. The maximum absolute atomic E-state index is 14.7. The molecule has 30 nitrogen and oxygen atoms in total. The number of aliphatic carboxylic acids is 3. The fourth-order valence-corrected chi connectivity index (χ4v) is 11.7. The molecule has 0 unspecified atom stereocenters. The molecule has 0 saturated heterocycles. The average Bonchev–Trinajstić information content (AvgIpc) is 0.917. The maximum atomic E-state index is 14.7. The van der Waals surface area contributed by atoms with Crippen molar-refractivity contribution in [1.82, 2.24) is 63.1 Å². The molecule has 0 aliphatic rings. The van der Waals surface area contributed by atoms with Crippen molar-refractivity contribution in [2.75, 3.05) is 12.0 Å². The van der Waals surface area contributed by atoms with E-state index in [4.69, 9.17) is 5.73 Å². The normalized spacial score (nSPS) is 14.4. The van der Waals surface area contributed by atoms with E-state index in [1.807, 2.05) is 0 Å². The summed E-state index contributed by atoms with van der Waals surface area (Å²) >= 11 is 1.26. The largest absolute Gasteiger partial charge is 0.508 e. The molecule has 105 heavy (non-hydrogen) atoms. The van der Waals surface area contributed by atoms with Gasteiger partial charge in [0.05, 0.1) is 18.1 Å². The Morgan fingerprint density at radius 3 is 1.12 bits per heavy atom. The van der Waals surface area contributed by atoms with Gasteiger partial charge in [-0.15, -0.1) is 0 Å². The van der Waals surface area contributed by atoms with Gasteiger partial charge in [-0.2, -0.15) is 11.8 Å². The van der Waals surface area contributed by atoms with Gasteiger partial charge < -0.3 is 84.3 Å². The molecule has 0 spiro atoms. The van der Waals surface area contributed by atoms with Crippen LogP contribution in [0.1, 0.15) is 114 Å². The predicted octanol–water partition coefficient (Wildman–Crippen LogP) is 2.12. The lowest BCUT2D eigenvalue weighted by Gasteiger charge is -2.30. The molecule has 17 N–H and O–H groups in total.